The maximum Gasteiger partial charge on any atom is 0.274 e. The van der Waals surface area contributed by atoms with Crippen molar-refractivity contribution < 1.29 is 9.21 Å². The number of benzene rings is 3. The number of hydrogen-bond acceptors (Lipinski definition) is 3. The van der Waals surface area contributed by atoms with Gasteiger partial charge in [-0.1, -0.05) is 60.1 Å². The average molecular weight is 377 g/mol. The summed E-state index contributed by atoms with van der Waals surface area (Å²) in [4.78, 5) is 12.3. The number of fused-ring (bicyclic) bond motifs is 2. The molecule has 0 unspecified atom stereocenters. The predicted octanol–water partition coefficient (Wildman–Crippen LogP) is 5.62. The highest BCUT2D eigenvalue weighted by Gasteiger charge is 2.13. The Labute approximate surface area is 161 Å². The average Bonchev–Trinajstić information content (AvgIpc) is 3.02. The molecule has 0 atom stereocenters. The van der Waals surface area contributed by atoms with Crippen molar-refractivity contribution in [3.8, 4) is 0 Å². The number of aryl methyl sites for hydroxylation is 2. The van der Waals surface area contributed by atoms with Crippen molar-refractivity contribution >= 4 is 45.3 Å². The van der Waals surface area contributed by atoms with Gasteiger partial charge in [0, 0.05) is 16.3 Å². The number of carbonyl (C=O) groups excluding carboxylic acids is 1. The van der Waals surface area contributed by atoms with Crippen molar-refractivity contribution in [2.75, 3.05) is 0 Å². The number of halogens is 1. The summed E-state index contributed by atoms with van der Waals surface area (Å²) in [6.07, 6.45) is 1.67. The van der Waals surface area contributed by atoms with Crippen LogP contribution in [0.25, 0.3) is 21.5 Å². The van der Waals surface area contributed by atoms with Gasteiger partial charge >= 0.3 is 0 Å². The fraction of sp³-hybridized carbons (Fsp3) is 0.0909. The van der Waals surface area contributed by atoms with Gasteiger partial charge in [-0.25, -0.2) is 5.43 Å². The lowest BCUT2D eigenvalue weighted by Crippen LogP contribution is -2.17. The molecule has 0 aliphatic carbocycles. The van der Waals surface area contributed by atoms with Crippen LogP contribution in [0.15, 0.2) is 64.1 Å². The standard InChI is InChI=1S/C22H17ClN2O2/c1-13-11-19(14(2)27-13)22(26)25-24-12-20-15-7-3-5-9-17(15)21(23)18-10-6-4-8-16(18)20/h3-12H,1-2H3,(H,25,26). The molecule has 5 heteroatoms. The lowest BCUT2D eigenvalue weighted by molar-refractivity contribution is 0.0953. The number of carbonyl (C=O) groups is 1. The molecule has 0 bridgehead atoms. The predicted molar refractivity (Wildman–Crippen MR) is 110 cm³/mol. The summed E-state index contributed by atoms with van der Waals surface area (Å²) in [6, 6.07) is 17.5. The first-order valence-electron chi connectivity index (χ1n) is 8.55. The van der Waals surface area contributed by atoms with Crippen LogP contribution < -0.4 is 5.43 Å². The highest BCUT2D eigenvalue weighted by atomic mass is 35.5. The van der Waals surface area contributed by atoms with Crippen LogP contribution in [0.4, 0.5) is 0 Å². The molecule has 4 nitrogen and oxygen atoms in total. The van der Waals surface area contributed by atoms with Gasteiger partial charge in [0.05, 0.1) is 16.8 Å². The minimum Gasteiger partial charge on any atom is -0.466 e. The van der Waals surface area contributed by atoms with E-state index in [0.717, 1.165) is 27.1 Å². The fourth-order valence-electron chi connectivity index (χ4n) is 3.32. The Bertz CT molecular complexity index is 1150. The van der Waals surface area contributed by atoms with E-state index in [1.54, 1.807) is 26.1 Å². The van der Waals surface area contributed by atoms with Gasteiger partial charge in [0.25, 0.3) is 5.91 Å². The van der Waals surface area contributed by atoms with Crippen LogP contribution in [-0.4, -0.2) is 12.1 Å². The lowest BCUT2D eigenvalue weighted by atomic mass is 9.97. The third-order valence-corrected chi connectivity index (χ3v) is 4.96. The van der Waals surface area contributed by atoms with Crippen molar-refractivity contribution in [2.45, 2.75) is 13.8 Å². The van der Waals surface area contributed by atoms with Gasteiger partial charge in [-0.05, 0) is 30.7 Å². The molecule has 0 radical (unpaired) electrons. The van der Waals surface area contributed by atoms with Crippen molar-refractivity contribution in [2.24, 2.45) is 5.10 Å². The second-order valence-corrected chi connectivity index (χ2v) is 6.72. The maximum atomic E-state index is 12.3. The first-order valence-corrected chi connectivity index (χ1v) is 8.93. The van der Waals surface area contributed by atoms with E-state index in [2.05, 4.69) is 10.5 Å². The zero-order valence-corrected chi connectivity index (χ0v) is 15.7. The third-order valence-electron chi connectivity index (χ3n) is 4.55. The topological polar surface area (TPSA) is 54.6 Å². The molecule has 0 aliphatic rings. The normalized spacial score (nSPS) is 11.5. The number of rotatable bonds is 3. The fourth-order valence-corrected chi connectivity index (χ4v) is 3.65. The van der Waals surface area contributed by atoms with E-state index in [-0.39, 0.29) is 5.91 Å². The number of nitrogens with one attached hydrogen (secondary N) is 1. The van der Waals surface area contributed by atoms with Crippen LogP contribution in [0.1, 0.15) is 27.4 Å². The van der Waals surface area contributed by atoms with E-state index in [1.165, 1.54) is 0 Å². The monoisotopic (exact) mass is 376 g/mol. The maximum absolute atomic E-state index is 12.3. The summed E-state index contributed by atoms with van der Waals surface area (Å²) in [6.45, 7) is 3.56. The number of amides is 1. The van der Waals surface area contributed by atoms with Crippen LogP contribution >= 0.6 is 11.6 Å². The van der Waals surface area contributed by atoms with Crippen LogP contribution in [0, 0.1) is 13.8 Å². The largest absolute Gasteiger partial charge is 0.466 e. The van der Waals surface area contributed by atoms with Crippen molar-refractivity contribution in [1.82, 2.24) is 5.43 Å². The summed E-state index contributed by atoms with van der Waals surface area (Å²) in [5.74, 6) is 0.960. The molecule has 0 saturated carbocycles. The zero-order valence-electron chi connectivity index (χ0n) is 14.9. The van der Waals surface area contributed by atoms with Crippen molar-refractivity contribution in [3.05, 3.63) is 82.3 Å². The Balaban J connectivity index is 1.76. The molecule has 0 saturated heterocycles. The second-order valence-electron chi connectivity index (χ2n) is 6.34. The van der Waals surface area contributed by atoms with Crippen LogP contribution in [0.3, 0.4) is 0 Å². The lowest BCUT2D eigenvalue weighted by Gasteiger charge is -2.10. The highest BCUT2D eigenvalue weighted by Crippen LogP contribution is 2.35. The third kappa shape index (κ3) is 3.09. The molecule has 1 heterocycles. The summed E-state index contributed by atoms with van der Waals surface area (Å²) < 4.78 is 5.40. The van der Waals surface area contributed by atoms with Crippen LogP contribution in [0.2, 0.25) is 5.02 Å². The molecule has 1 N–H and O–H groups in total. The SMILES string of the molecule is Cc1cc(C(=O)NN=Cc2c3ccccc3c(Cl)c3ccccc23)c(C)o1. The molecule has 3 aromatic carbocycles. The Hall–Kier alpha value is -3.11. The van der Waals surface area contributed by atoms with Crippen molar-refractivity contribution in [1.29, 1.82) is 0 Å². The number of hydrazone groups is 1. The van der Waals surface area contributed by atoms with Gasteiger partial charge < -0.3 is 4.42 Å². The van der Waals surface area contributed by atoms with E-state index in [9.17, 15) is 4.79 Å². The van der Waals surface area contributed by atoms with Crippen molar-refractivity contribution in [3.63, 3.8) is 0 Å². The number of nitrogens with zero attached hydrogens (tertiary/aromatic N) is 1. The highest BCUT2D eigenvalue weighted by molar-refractivity contribution is 6.42. The van der Waals surface area contributed by atoms with E-state index in [0.29, 0.717) is 22.1 Å². The molecular formula is C22H17ClN2O2. The summed E-state index contributed by atoms with van der Waals surface area (Å²) in [7, 11) is 0. The molecule has 4 rings (SSSR count). The van der Waals surface area contributed by atoms with Crippen LogP contribution in [0.5, 0.6) is 0 Å². The van der Waals surface area contributed by atoms with Gasteiger partial charge in [-0.3, -0.25) is 4.79 Å². The zero-order chi connectivity index (χ0) is 19.0. The summed E-state index contributed by atoms with van der Waals surface area (Å²) in [5, 5.41) is 8.77. The Morgan fingerprint density at radius 2 is 1.56 bits per heavy atom. The van der Waals surface area contributed by atoms with Gasteiger partial charge in [0.2, 0.25) is 0 Å². The van der Waals surface area contributed by atoms with Gasteiger partial charge in [0.1, 0.15) is 11.5 Å². The van der Waals surface area contributed by atoms with Gasteiger partial charge in [-0.2, -0.15) is 5.10 Å². The van der Waals surface area contributed by atoms with E-state index >= 15 is 0 Å². The Kier molecular flexibility index (Phi) is 4.42. The summed E-state index contributed by atoms with van der Waals surface area (Å²) in [5.41, 5.74) is 3.97. The molecule has 27 heavy (non-hydrogen) atoms. The quantitative estimate of drug-likeness (QED) is 0.286. The smallest absolute Gasteiger partial charge is 0.274 e. The first-order chi connectivity index (χ1) is 13.1. The minimum absolute atomic E-state index is 0.303. The van der Waals surface area contributed by atoms with Crippen LogP contribution in [-0.2, 0) is 0 Å². The number of furan rings is 1. The van der Waals surface area contributed by atoms with E-state index in [1.807, 2.05) is 48.5 Å². The first kappa shape index (κ1) is 17.3. The molecule has 134 valence electrons. The molecule has 0 aliphatic heterocycles. The number of hydrogen-bond donors (Lipinski definition) is 1. The Morgan fingerprint density at radius 1 is 1.00 bits per heavy atom. The molecule has 1 aromatic heterocycles. The Morgan fingerprint density at radius 3 is 2.07 bits per heavy atom. The van der Waals surface area contributed by atoms with E-state index < -0.39 is 0 Å². The molecule has 4 aromatic rings. The van der Waals surface area contributed by atoms with E-state index in [4.69, 9.17) is 16.0 Å². The molecule has 0 fully saturated rings. The minimum atomic E-state index is -0.303. The molecule has 0 spiro atoms. The van der Waals surface area contributed by atoms with Gasteiger partial charge in [0.15, 0.2) is 0 Å². The molecule has 1 amide bonds. The van der Waals surface area contributed by atoms with Gasteiger partial charge in [-0.15, -0.1) is 0 Å². The summed E-state index contributed by atoms with van der Waals surface area (Å²) >= 11 is 6.61. The molecular weight excluding hydrogens is 360 g/mol. The second kappa shape index (κ2) is 6.89.